The van der Waals surface area contributed by atoms with E-state index in [1.54, 1.807) is 23.4 Å². The molecule has 0 aliphatic carbocycles. The molecule has 1 aliphatic rings. The molecule has 1 aliphatic heterocycles. The van der Waals surface area contributed by atoms with Gasteiger partial charge in [-0.2, -0.15) is 0 Å². The monoisotopic (exact) mass is 313 g/mol. The van der Waals surface area contributed by atoms with Crippen LogP contribution < -0.4 is 5.73 Å². The SMILES string of the molecule is Nc1cc(CC[C@@H]2CN(C(=O)c3ccncn3)CCO2)ccn1. The van der Waals surface area contributed by atoms with Gasteiger partial charge in [-0.3, -0.25) is 4.79 Å². The average Bonchev–Trinajstić information content (AvgIpc) is 2.60. The third-order valence-corrected chi connectivity index (χ3v) is 3.83. The quantitative estimate of drug-likeness (QED) is 0.902. The third-order valence-electron chi connectivity index (χ3n) is 3.83. The van der Waals surface area contributed by atoms with E-state index in [2.05, 4.69) is 15.0 Å². The van der Waals surface area contributed by atoms with E-state index in [0.29, 0.717) is 31.2 Å². The molecular weight excluding hydrogens is 294 g/mol. The second kappa shape index (κ2) is 7.15. The van der Waals surface area contributed by atoms with Crippen molar-refractivity contribution in [2.45, 2.75) is 18.9 Å². The summed E-state index contributed by atoms with van der Waals surface area (Å²) in [4.78, 5) is 26.0. The van der Waals surface area contributed by atoms with E-state index in [1.807, 2.05) is 12.1 Å². The van der Waals surface area contributed by atoms with E-state index in [9.17, 15) is 4.79 Å². The molecule has 1 fully saturated rings. The molecule has 2 aromatic heterocycles. The minimum Gasteiger partial charge on any atom is -0.384 e. The normalized spacial score (nSPS) is 17.9. The lowest BCUT2D eigenvalue weighted by molar-refractivity contribution is -0.0247. The Morgan fingerprint density at radius 2 is 2.26 bits per heavy atom. The molecule has 1 saturated heterocycles. The van der Waals surface area contributed by atoms with E-state index in [1.165, 1.54) is 6.33 Å². The summed E-state index contributed by atoms with van der Waals surface area (Å²) in [5.41, 5.74) is 7.23. The topological polar surface area (TPSA) is 94.2 Å². The molecule has 2 N–H and O–H groups in total. The van der Waals surface area contributed by atoms with Crippen molar-refractivity contribution in [3.8, 4) is 0 Å². The Labute approximate surface area is 134 Å². The molecule has 0 radical (unpaired) electrons. The Morgan fingerprint density at radius 3 is 3.04 bits per heavy atom. The van der Waals surface area contributed by atoms with E-state index in [0.717, 1.165) is 18.4 Å². The molecule has 7 nitrogen and oxygen atoms in total. The molecule has 2 aromatic rings. The number of morpholine rings is 1. The number of amides is 1. The van der Waals surface area contributed by atoms with Gasteiger partial charge in [0.1, 0.15) is 17.8 Å². The zero-order valence-corrected chi connectivity index (χ0v) is 12.8. The molecule has 23 heavy (non-hydrogen) atoms. The van der Waals surface area contributed by atoms with E-state index in [-0.39, 0.29) is 12.0 Å². The molecule has 0 aromatic carbocycles. The summed E-state index contributed by atoms with van der Waals surface area (Å²) >= 11 is 0. The molecule has 0 unspecified atom stereocenters. The van der Waals surface area contributed by atoms with Gasteiger partial charge in [-0.1, -0.05) is 0 Å². The van der Waals surface area contributed by atoms with Gasteiger partial charge in [0.25, 0.3) is 5.91 Å². The fourth-order valence-electron chi connectivity index (χ4n) is 2.64. The van der Waals surface area contributed by atoms with E-state index in [4.69, 9.17) is 10.5 Å². The highest BCUT2D eigenvalue weighted by molar-refractivity contribution is 5.92. The van der Waals surface area contributed by atoms with Crippen LogP contribution >= 0.6 is 0 Å². The lowest BCUT2D eigenvalue weighted by Gasteiger charge is -2.32. The molecule has 7 heteroatoms. The van der Waals surface area contributed by atoms with Crippen LogP contribution in [0.2, 0.25) is 0 Å². The first kappa shape index (κ1) is 15.4. The number of nitrogens with two attached hydrogens (primary N) is 1. The second-order valence-electron chi connectivity index (χ2n) is 5.47. The van der Waals surface area contributed by atoms with Gasteiger partial charge in [0.15, 0.2) is 0 Å². The van der Waals surface area contributed by atoms with Crippen LogP contribution in [0.15, 0.2) is 36.9 Å². The van der Waals surface area contributed by atoms with Gasteiger partial charge in [-0.25, -0.2) is 15.0 Å². The van der Waals surface area contributed by atoms with Crippen LogP contribution in [-0.2, 0) is 11.2 Å². The second-order valence-corrected chi connectivity index (χ2v) is 5.47. The van der Waals surface area contributed by atoms with Crippen LogP contribution in [-0.4, -0.2) is 51.6 Å². The maximum atomic E-state index is 12.4. The zero-order chi connectivity index (χ0) is 16.1. The first-order chi connectivity index (χ1) is 11.2. The summed E-state index contributed by atoms with van der Waals surface area (Å²) in [5.74, 6) is 0.446. The fraction of sp³-hybridized carbons (Fsp3) is 0.375. The molecule has 1 amide bonds. The number of nitrogens with zero attached hydrogens (tertiary/aromatic N) is 4. The van der Waals surface area contributed by atoms with Crippen LogP contribution in [0.3, 0.4) is 0 Å². The summed E-state index contributed by atoms with van der Waals surface area (Å²) in [5, 5.41) is 0. The summed E-state index contributed by atoms with van der Waals surface area (Å²) in [6, 6.07) is 5.45. The predicted molar refractivity (Wildman–Crippen MR) is 84.6 cm³/mol. The Hall–Kier alpha value is -2.54. The largest absolute Gasteiger partial charge is 0.384 e. The Morgan fingerprint density at radius 1 is 1.35 bits per heavy atom. The van der Waals surface area contributed by atoms with Gasteiger partial charge in [-0.05, 0) is 36.6 Å². The summed E-state index contributed by atoms with van der Waals surface area (Å²) in [6.07, 6.45) is 6.36. The van der Waals surface area contributed by atoms with Gasteiger partial charge in [-0.15, -0.1) is 0 Å². The number of carbonyl (C=O) groups is 1. The number of hydrogen-bond acceptors (Lipinski definition) is 6. The van der Waals surface area contributed by atoms with Gasteiger partial charge in [0.05, 0.1) is 12.7 Å². The lowest BCUT2D eigenvalue weighted by atomic mass is 10.1. The minimum atomic E-state index is -0.0751. The Bertz CT molecular complexity index is 665. The molecule has 3 rings (SSSR count). The van der Waals surface area contributed by atoms with Gasteiger partial charge < -0.3 is 15.4 Å². The van der Waals surface area contributed by atoms with Gasteiger partial charge in [0, 0.05) is 25.5 Å². The number of aromatic nitrogens is 3. The number of hydrogen-bond donors (Lipinski definition) is 1. The van der Waals surface area contributed by atoms with Crippen LogP contribution in [0, 0.1) is 0 Å². The number of pyridine rings is 1. The number of aryl methyl sites for hydroxylation is 1. The van der Waals surface area contributed by atoms with Gasteiger partial charge in [0.2, 0.25) is 0 Å². The average molecular weight is 313 g/mol. The maximum absolute atomic E-state index is 12.4. The van der Waals surface area contributed by atoms with Crippen LogP contribution in [0.25, 0.3) is 0 Å². The molecule has 1 atom stereocenters. The highest BCUT2D eigenvalue weighted by Crippen LogP contribution is 2.15. The lowest BCUT2D eigenvalue weighted by Crippen LogP contribution is -2.46. The fourth-order valence-corrected chi connectivity index (χ4v) is 2.64. The van der Waals surface area contributed by atoms with Crippen LogP contribution in [0.4, 0.5) is 5.82 Å². The molecule has 3 heterocycles. The Balaban J connectivity index is 1.57. The zero-order valence-electron chi connectivity index (χ0n) is 12.8. The van der Waals surface area contributed by atoms with Crippen molar-refractivity contribution in [1.29, 1.82) is 0 Å². The van der Waals surface area contributed by atoms with Crippen molar-refractivity contribution in [2.24, 2.45) is 0 Å². The number of rotatable bonds is 4. The molecule has 0 bridgehead atoms. The predicted octanol–water partition coefficient (Wildman–Crippen LogP) is 0.928. The maximum Gasteiger partial charge on any atom is 0.272 e. The number of ether oxygens (including phenoxy) is 1. The standard InChI is InChI=1S/C16H19N5O2/c17-15-9-12(3-6-19-15)1-2-13-10-21(7-8-23-13)16(22)14-4-5-18-11-20-14/h3-6,9,11,13H,1-2,7-8,10H2,(H2,17,19)/t13-/m1/s1. The first-order valence-corrected chi connectivity index (χ1v) is 7.59. The number of carbonyl (C=O) groups excluding carboxylic acids is 1. The highest BCUT2D eigenvalue weighted by Gasteiger charge is 2.25. The number of anilines is 1. The van der Waals surface area contributed by atoms with Gasteiger partial charge >= 0.3 is 0 Å². The van der Waals surface area contributed by atoms with Crippen molar-refractivity contribution in [3.63, 3.8) is 0 Å². The molecular formula is C16H19N5O2. The summed E-state index contributed by atoms with van der Waals surface area (Å²) < 4.78 is 5.77. The molecule has 0 saturated carbocycles. The van der Waals surface area contributed by atoms with Crippen molar-refractivity contribution in [3.05, 3.63) is 48.2 Å². The summed E-state index contributed by atoms with van der Waals surface area (Å²) in [6.45, 7) is 1.70. The van der Waals surface area contributed by atoms with Crippen LogP contribution in [0.1, 0.15) is 22.5 Å². The molecule has 120 valence electrons. The smallest absolute Gasteiger partial charge is 0.272 e. The number of nitrogen functional groups attached to an aromatic ring is 1. The third kappa shape index (κ3) is 4.01. The van der Waals surface area contributed by atoms with Crippen LogP contribution in [0.5, 0.6) is 0 Å². The van der Waals surface area contributed by atoms with E-state index < -0.39 is 0 Å². The van der Waals surface area contributed by atoms with Crippen molar-refractivity contribution < 1.29 is 9.53 Å². The Kier molecular flexibility index (Phi) is 4.77. The van der Waals surface area contributed by atoms with E-state index >= 15 is 0 Å². The molecule has 0 spiro atoms. The minimum absolute atomic E-state index is 0.0175. The first-order valence-electron chi connectivity index (χ1n) is 7.59. The highest BCUT2D eigenvalue weighted by atomic mass is 16.5. The van der Waals surface area contributed by atoms with Crippen molar-refractivity contribution in [1.82, 2.24) is 19.9 Å². The summed E-state index contributed by atoms with van der Waals surface area (Å²) in [7, 11) is 0. The van der Waals surface area contributed by atoms with Crippen molar-refractivity contribution in [2.75, 3.05) is 25.4 Å². The van der Waals surface area contributed by atoms with Crippen molar-refractivity contribution >= 4 is 11.7 Å².